The Balaban J connectivity index is 2.19. The van der Waals surface area contributed by atoms with Gasteiger partial charge in [0.15, 0.2) is 0 Å². The van der Waals surface area contributed by atoms with Crippen molar-refractivity contribution in [2.24, 2.45) is 0 Å². The molecule has 6 heteroatoms. The predicted molar refractivity (Wildman–Crippen MR) is 103 cm³/mol. The van der Waals surface area contributed by atoms with Gasteiger partial charge >= 0.3 is 0 Å². The Kier molecular flexibility index (Phi) is 4.05. The quantitative estimate of drug-likeness (QED) is 0.473. The summed E-state index contributed by atoms with van der Waals surface area (Å²) in [7, 11) is -2.23. The zero-order chi connectivity index (χ0) is 18.3. The third kappa shape index (κ3) is 2.69. The summed E-state index contributed by atoms with van der Waals surface area (Å²) in [6, 6.07) is 18.6. The number of benzene rings is 3. The van der Waals surface area contributed by atoms with E-state index in [1.807, 2.05) is 0 Å². The lowest BCUT2D eigenvalue weighted by atomic mass is 10.1. The molecule has 4 rings (SSSR count). The van der Waals surface area contributed by atoms with Gasteiger partial charge in [0.05, 0.1) is 27.9 Å². The molecule has 0 saturated carbocycles. The highest BCUT2D eigenvalue weighted by molar-refractivity contribution is 7.92. The van der Waals surface area contributed by atoms with Crippen molar-refractivity contribution in [1.82, 2.24) is 4.98 Å². The first-order chi connectivity index (χ1) is 12.5. The van der Waals surface area contributed by atoms with Crippen molar-refractivity contribution in [2.45, 2.75) is 9.79 Å². The Bertz CT molecular complexity index is 1240. The summed E-state index contributed by atoms with van der Waals surface area (Å²) >= 11 is 6.09. The van der Waals surface area contributed by atoms with E-state index in [0.29, 0.717) is 32.6 Å². The third-order valence-electron chi connectivity index (χ3n) is 4.22. The van der Waals surface area contributed by atoms with Crippen molar-refractivity contribution in [3.63, 3.8) is 0 Å². The number of hydrogen-bond acceptors (Lipinski definition) is 4. The van der Waals surface area contributed by atoms with Gasteiger partial charge in [0, 0.05) is 15.8 Å². The largest absolute Gasteiger partial charge is 0.497 e. The maximum Gasteiger partial charge on any atom is 0.207 e. The van der Waals surface area contributed by atoms with E-state index < -0.39 is 9.84 Å². The van der Waals surface area contributed by atoms with Crippen LogP contribution in [0.4, 0.5) is 0 Å². The number of methoxy groups -OCH3 is 1. The van der Waals surface area contributed by atoms with Gasteiger partial charge in [-0.1, -0.05) is 29.8 Å². The van der Waals surface area contributed by atoms with E-state index in [0.717, 1.165) is 0 Å². The lowest BCUT2D eigenvalue weighted by Crippen LogP contribution is -2.05. The number of hydrogen-bond donors (Lipinski definition) is 0. The normalized spacial score (nSPS) is 11.8. The van der Waals surface area contributed by atoms with Gasteiger partial charge in [-0.2, -0.15) is 0 Å². The van der Waals surface area contributed by atoms with Crippen molar-refractivity contribution >= 4 is 43.2 Å². The van der Waals surface area contributed by atoms with Gasteiger partial charge in [-0.25, -0.2) is 13.4 Å². The van der Waals surface area contributed by atoms with Gasteiger partial charge in [0.25, 0.3) is 0 Å². The maximum absolute atomic E-state index is 13.4. The van der Waals surface area contributed by atoms with E-state index in [2.05, 4.69) is 4.98 Å². The minimum Gasteiger partial charge on any atom is -0.497 e. The molecule has 1 aromatic heterocycles. The smallest absolute Gasteiger partial charge is 0.207 e. The Labute approximate surface area is 155 Å². The number of aromatic nitrogens is 1. The third-order valence-corrected chi connectivity index (χ3v) is 6.32. The predicted octanol–water partition coefficient (Wildman–Crippen LogP) is 4.88. The van der Waals surface area contributed by atoms with Crippen LogP contribution in [-0.2, 0) is 9.84 Å². The molecule has 0 aliphatic heterocycles. The Morgan fingerprint density at radius 3 is 2.38 bits per heavy atom. The molecule has 4 nitrogen and oxygen atoms in total. The van der Waals surface area contributed by atoms with Crippen LogP contribution in [0.15, 0.2) is 76.5 Å². The van der Waals surface area contributed by atoms with Crippen molar-refractivity contribution in [3.05, 3.63) is 71.8 Å². The molecule has 0 bridgehead atoms. The molecular weight excluding hydrogens is 370 g/mol. The van der Waals surface area contributed by atoms with Crippen LogP contribution in [-0.4, -0.2) is 20.5 Å². The fourth-order valence-corrected chi connectivity index (χ4v) is 4.83. The zero-order valence-electron chi connectivity index (χ0n) is 13.8. The van der Waals surface area contributed by atoms with Crippen LogP contribution in [0.2, 0.25) is 5.02 Å². The first kappa shape index (κ1) is 16.8. The van der Waals surface area contributed by atoms with Gasteiger partial charge in [0.1, 0.15) is 5.75 Å². The molecule has 0 spiro atoms. The molecule has 0 fully saturated rings. The first-order valence-corrected chi connectivity index (χ1v) is 9.74. The van der Waals surface area contributed by atoms with Gasteiger partial charge in [-0.15, -0.1) is 0 Å². The average molecular weight is 384 g/mol. The van der Waals surface area contributed by atoms with Crippen molar-refractivity contribution < 1.29 is 13.2 Å². The van der Waals surface area contributed by atoms with E-state index in [1.165, 1.54) is 0 Å². The average Bonchev–Trinajstić information content (AvgIpc) is 2.66. The van der Waals surface area contributed by atoms with E-state index in [9.17, 15) is 8.42 Å². The highest BCUT2D eigenvalue weighted by atomic mass is 35.5. The molecule has 0 N–H and O–H groups in total. The molecule has 0 amide bonds. The van der Waals surface area contributed by atoms with E-state index >= 15 is 0 Å². The fraction of sp³-hybridized carbons (Fsp3) is 0.0500. The molecule has 0 aliphatic rings. The molecule has 4 aromatic rings. The standard InChI is InChI=1S/C20H14ClNO3S/c1-25-14-8-10-18-17(12-14)20(16-9-7-13(21)11-19(16)22-18)26(23,24)15-5-3-2-4-6-15/h2-12H,1H3. The second-order valence-corrected chi connectivity index (χ2v) is 8.12. The highest BCUT2D eigenvalue weighted by Gasteiger charge is 2.24. The van der Waals surface area contributed by atoms with Gasteiger partial charge < -0.3 is 4.74 Å². The fourth-order valence-electron chi connectivity index (χ4n) is 2.99. The first-order valence-electron chi connectivity index (χ1n) is 7.88. The molecule has 1 heterocycles. The molecule has 26 heavy (non-hydrogen) atoms. The Hall–Kier alpha value is -2.63. The molecule has 3 aromatic carbocycles. The minimum atomic E-state index is -3.77. The molecule has 0 radical (unpaired) electrons. The summed E-state index contributed by atoms with van der Waals surface area (Å²) in [6.07, 6.45) is 0. The minimum absolute atomic E-state index is 0.208. The molecule has 0 atom stereocenters. The monoisotopic (exact) mass is 383 g/mol. The Morgan fingerprint density at radius 1 is 0.885 bits per heavy atom. The van der Waals surface area contributed by atoms with Crippen LogP contribution >= 0.6 is 11.6 Å². The number of sulfone groups is 1. The van der Waals surface area contributed by atoms with E-state index in [-0.39, 0.29) is 9.79 Å². The number of nitrogens with zero attached hydrogens (tertiary/aromatic N) is 1. The summed E-state index contributed by atoms with van der Waals surface area (Å²) in [4.78, 5) is 5.01. The molecule has 130 valence electrons. The van der Waals surface area contributed by atoms with Crippen LogP contribution in [0.5, 0.6) is 5.75 Å². The molecule has 0 aliphatic carbocycles. The summed E-state index contributed by atoms with van der Waals surface area (Å²) in [5.41, 5.74) is 1.10. The second-order valence-electron chi connectivity index (χ2n) is 5.80. The SMILES string of the molecule is COc1ccc2nc3cc(Cl)ccc3c(S(=O)(=O)c3ccccc3)c2c1. The zero-order valence-corrected chi connectivity index (χ0v) is 15.4. The van der Waals surface area contributed by atoms with E-state index in [4.69, 9.17) is 16.3 Å². The topological polar surface area (TPSA) is 56.3 Å². The van der Waals surface area contributed by atoms with E-state index in [1.54, 1.807) is 73.8 Å². The van der Waals surface area contributed by atoms with Gasteiger partial charge in [0.2, 0.25) is 9.84 Å². The van der Waals surface area contributed by atoms with Crippen LogP contribution in [0.3, 0.4) is 0 Å². The van der Waals surface area contributed by atoms with Crippen LogP contribution in [0.25, 0.3) is 21.8 Å². The van der Waals surface area contributed by atoms with Crippen molar-refractivity contribution in [1.29, 1.82) is 0 Å². The van der Waals surface area contributed by atoms with Gasteiger partial charge in [-0.05, 0) is 48.5 Å². The summed E-state index contributed by atoms with van der Waals surface area (Å²) in [6.45, 7) is 0. The maximum atomic E-state index is 13.4. The number of halogens is 1. The summed E-state index contributed by atoms with van der Waals surface area (Å²) in [5, 5.41) is 1.54. The van der Waals surface area contributed by atoms with Crippen molar-refractivity contribution in [2.75, 3.05) is 7.11 Å². The highest BCUT2D eigenvalue weighted by Crippen LogP contribution is 2.36. The second kappa shape index (κ2) is 6.27. The number of rotatable bonds is 3. The summed E-state index contributed by atoms with van der Waals surface area (Å²) < 4.78 is 32.2. The number of ether oxygens (including phenoxy) is 1. The lowest BCUT2D eigenvalue weighted by Gasteiger charge is -2.13. The lowest BCUT2D eigenvalue weighted by molar-refractivity contribution is 0.415. The van der Waals surface area contributed by atoms with Crippen molar-refractivity contribution in [3.8, 4) is 5.75 Å². The number of pyridine rings is 1. The van der Waals surface area contributed by atoms with Gasteiger partial charge in [-0.3, -0.25) is 0 Å². The molecule has 0 saturated heterocycles. The molecular formula is C20H14ClNO3S. The van der Waals surface area contributed by atoms with Crippen LogP contribution in [0.1, 0.15) is 0 Å². The summed E-state index contributed by atoms with van der Waals surface area (Å²) in [5.74, 6) is 0.567. The van der Waals surface area contributed by atoms with Crippen LogP contribution in [0, 0.1) is 0 Å². The molecule has 0 unspecified atom stereocenters. The van der Waals surface area contributed by atoms with Crippen LogP contribution < -0.4 is 4.74 Å². The Morgan fingerprint density at radius 2 is 1.65 bits per heavy atom. The number of fused-ring (bicyclic) bond motifs is 2.